The lowest BCUT2D eigenvalue weighted by Gasteiger charge is -2.25. The van der Waals surface area contributed by atoms with Crippen LogP contribution in [0.2, 0.25) is 5.02 Å². The fourth-order valence-electron chi connectivity index (χ4n) is 1.99. The van der Waals surface area contributed by atoms with E-state index in [1.807, 2.05) is 42.5 Å². The maximum atomic E-state index is 5.98. The van der Waals surface area contributed by atoms with Gasteiger partial charge in [0.15, 0.2) is 0 Å². The monoisotopic (exact) mass is 353 g/mol. The number of ether oxygens (including phenoxy) is 1. The van der Waals surface area contributed by atoms with Crippen molar-refractivity contribution < 1.29 is 4.74 Å². The normalized spacial score (nSPS) is 11.0. The minimum atomic E-state index is 0. The van der Waals surface area contributed by atoms with E-state index in [9.17, 15) is 0 Å². The second-order valence-corrected chi connectivity index (χ2v) is 6.55. The predicted molar refractivity (Wildman–Crippen MR) is 101 cm³/mol. The van der Waals surface area contributed by atoms with Crippen LogP contribution in [0.15, 0.2) is 48.5 Å². The van der Waals surface area contributed by atoms with E-state index < -0.39 is 0 Å². The molecule has 0 fully saturated rings. The van der Waals surface area contributed by atoms with E-state index in [1.54, 1.807) is 0 Å². The topological polar surface area (TPSA) is 21.3 Å². The molecule has 0 aliphatic rings. The van der Waals surface area contributed by atoms with Gasteiger partial charge in [-0.2, -0.15) is 0 Å². The van der Waals surface area contributed by atoms with Crippen LogP contribution in [0.4, 0.5) is 0 Å². The van der Waals surface area contributed by atoms with E-state index in [2.05, 4.69) is 32.2 Å². The maximum absolute atomic E-state index is 5.98. The van der Waals surface area contributed by atoms with Crippen molar-refractivity contribution >= 4 is 24.0 Å². The molecular formula is C19H25Cl2NO. The van der Waals surface area contributed by atoms with Crippen LogP contribution in [0, 0.1) is 0 Å². The van der Waals surface area contributed by atoms with Gasteiger partial charge in [0.05, 0.1) is 0 Å². The average molecular weight is 354 g/mol. The van der Waals surface area contributed by atoms with Crippen LogP contribution in [0.3, 0.4) is 0 Å². The lowest BCUT2D eigenvalue weighted by molar-refractivity contribution is 0.298. The summed E-state index contributed by atoms with van der Waals surface area (Å²) in [7, 11) is 0. The molecule has 1 N–H and O–H groups in total. The summed E-state index contributed by atoms with van der Waals surface area (Å²) < 4.78 is 5.98. The van der Waals surface area contributed by atoms with Crippen molar-refractivity contribution in [3.05, 3.63) is 64.7 Å². The first kappa shape index (κ1) is 19.8. The largest absolute Gasteiger partial charge is 0.489 e. The molecule has 0 bridgehead atoms. The summed E-state index contributed by atoms with van der Waals surface area (Å²) in [5.74, 6) is 0.928. The Labute approximate surface area is 150 Å². The Hall–Kier alpha value is -1.22. The highest BCUT2D eigenvalue weighted by Gasteiger charge is 2.14. The molecule has 0 aliphatic carbocycles. The molecule has 0 atom stereocenters. The summed E-state index contributed by atoms with van der Waals surface area (Å²) in [6.07, 6.45) is 1.08. The van der Waals surface area contributed by atoms with Gasteiger partial charge in [0.25, 0.3) is 0 Å². The van der Waals surface area contributed by atoms with Gasteiger partial charge in [-0.1, -0.05) is 48.9 Å². The van der Waals surface area contributed by atoms with E-state index >= 15 is 0 Å². The Kier molecular flexibility index (Phi) is 7.90. The summed E-state index contributed by atoms with van der Waals surface area (Å²) in [5.41, 5.74) is 2.42. The number of hydrogen-bond acceptors (Lipinski definition) is 2. The Morgan fingerprint density at radius 2 is 1.70 bits per heavy atom. The minimum absolute atomic E-state index is 0. The van der Waals surface area contributed by atoms with Gasteiger partial charge in [-0.25, -0.2) is 0 Å². The molecule has 126 valence electrons. The van der Waals surface area contributed by atoms with Crippen molar-refractivity contribution in [1.82, 2.24) is 5.32 Å². The minimum Gasteiger partial charge on any atom is -0.489 e. The fraction of sp³-hybridized carbons (Fsp3) is 0.368. The molecule has 0 saturated carbocycles. The van der Waals surface area contributed by atoms with Gasteiger partial charge in [0.1, 0.15) is 12.4 Å². The maximum Gasteiger partial charge on any atom is 0.124 e. The van der Waals surface area contributed by atoms with Gasteiger partial charge >= 0.3 is 0 Å². The molecule has 2 rings (SSSR count). The molecule has 2 aromatic carbocycles. The van der Waals surface area contributed by atoms with Crippen molar-refractivity contribution in [3.8, 4) is 5.75 Å². The Morgan fingerprint density at radius 1 is 1.04 bits per heavy atom. The third-order valence-electron chi connectivity index (χ3n) is 3.92. The van der Waals surface area contributed by atoms with E-state index in [4.69, 9.17) is 16.3 Å². The first-order valence-electron chi connectivity index (χ1n) is 7.70. The van der Waals surface area contributed by atoms with Crippen LogP contribution < -0.4 is 10.1 Å². The van der Waals surface area contributed by atoms with E-state index in [1.165, 1.54) is 5.56 Å². The zero-order valence-corrected chi connectivity index (χ0v) is 15.5. The Bertz CT molecular complexity index is 597. The molecule has 0 aliphatic heterocycles. The molecule has 0 amide bonds. The van der Waals surface area contributed by atoms with Crippen LogP contribution in [-0.2, 0) is 13.2 Å². The first-order valence-corrected chi connectivity index (χ1v) is 8.08. The lowest BCUT2D eigenvalue weighted by atomic mass is 10.0. The molecule has 0 unspecified atom stereocenters. The van der Waals surface area contributed by atoms with Crippen molar-refractivity contribution in [2.24, 2.45) is 0 Å². The van der Waals surface area contributed by atoms with Crippen LogP contribution in [-0.4, -0.2) is 5.54 Å². The number of rotatable bonds is 7. The van der Waals surface area contributed by atoms with Crippen molar-refractivity contribution in [1.29, 1.82) is 0 Å². The lowest BCUT2D eigenvalue weighted by Crippen LogP contribution is -2.37. The molecule has 4 heteroatoms. The third-order valence-corrected chi connectivity index (χ3v) is 4.17. The zero-order chi connectivity index (χ0) is 16.0. The van der Waals surface area contributed by atoms with Crippen molar-refractivity contribution in [3.63, 3.8) is 0 Å². The molecule has 0 heterocycles. The van der Waals surface area contributed by atoms with Crippen molar-refractivity contribution in [2.45, 2.75) is 45.9 Å². The summed E-state index contributed by atoms with van der Waals surface area (Å²) in [5, 5.41) is 4.32. The third kappa shape index (κ3) is 6.42. The number of para-hydroxylation sites is 1. The molecule has 0 radical (unpaired) electrons. The summed E-state index contributed by atoms with van der Waals surface area (Å²) >= 11 is 5.90. The Morgan fingerprint density at radius 3 is 2.35 bits per heavy atom. The second kappa shape index (κ2) is 9.17. The smallest absolute Gasteiger partial charge is 0.124 e. The van der Waals surface area contributed by atoms with Crippen LogP contribution >= 0.6 is 24.0 Å². The highest BCUT2D eigenvalue weighted by molar-refractivity contribution is 6.30. The molecule has 23 heavy (non-hydrogen) atoms. The van der Waals surface area contributed by atoms with Crippen LogP contribution in [0.1, 0.15) is 38.3 Å². The van der Waals surface area contributed by atoms with Gasteiger partial charge in [-0.15, -0.1) is 12.4 Å². The van der Waals surface area contributed by atoms with Gasteiger partial charge in [0, 0.05) is 22.7 Å². The molecule has 0 spiro atoms. The van der Waals surface area contributed by atoms with Gasteiger partial charge < -0.3 is 10.1 Å². The van der Waals surface area contributed by atoms with Gasteiger partial charge in [-0.05, 0) is 44.0 Å². The Balaban J connectivity index is 0.00000264. The highest BCUT2D eigenvalue weighted by atomic mass is 35.5. The number of halogens is 2. The summed E-state index contributed by atoms with van der Waals surface area (Å²) in [6.45, 7) is 7.97. The summed E-state index contributed by atoms with van der Waals surface area (Å²) in [4.78, 5) is 0. The summed E-state index contributed by atoms with van der Waals surface area (Å²) in [6, 6.07) is 15.9. The molecule has 2 aromatic rings. The quantitative estimate of drug-likeness (QED) is 0.697. The van der Waals surface area contributed by atoms with Gasteiger partial charge in [-0.3, -0.25) is 0 Å². The molecule has 0 aromatic heterocycles. The first-order chi connectivity index (χ1) is 10.5. The standard InChI is InChI=1S/C19H24ClNO.ClH/c1-4-19(2,3)21-13-16-7-5-6-8-18(16)22-14-15-9-11-17(20)12-10-15;/h5-12,21H,4,13-14H2,1-3H3;1H. The van der Waals surface area contributed by atoms with E-state index in [-0.39, 0.29) is 17.9 Å². The van der Waals surface area contributed by atoms with Gasteiger partial charge in [0.2, 0.25) is 0 Å². The van der Waals surface area contributed by atoms with E-state index in [0.29, 0.717) is 6.61 Å². The van der Waals surface area contributed by atoms with Crippen molar-refractivity contribution in [2.75, 3.05) is 0 Å². The number of benzene rings is 2. The van der Waals surface area contributed by atoms with Crippen LogP contribution in [0.25, 0.3) is 0 Å². The molecular weight excluding hydrogens is 329 g/mol. The second-order valence-electron chi connectivity index (χ2n) is 6.11. The number of hydrogen-bond donors (Lipinski definition) is 1. The molecule has 0 saturated heterocycles. The highest BCUT2D eigenvalue weighted by Crippen LogP contribution is 2.21. The predicted octanol–water partition coefficient (Wildman–Crippen LogP) is 5.62. The van der Waals surface area contributed by atoms with E-state index in [0.717, 1.165) is 29.3 Å². The number of nitrogens with one attached hydrogen (secondary N) is 1. The van der Waals surface area contributed by atoms with Crippen LogP contribution in [0.5, 0.6) is 5.75 Å². The average Bonchev–Trinajstić information content (AvgIpc) is 2.53. The molecule has 2 nitrogen and oxygen atoms in total. The zero-order valence-electron chi connectivity index (χ0n) is 13.9. The SMILES string of the molecule is CCC(C)(C)NCc1ccccc1OCc1ccc(Cl)cc1.Cl. The fourth-order valence-corrected chi connectivity index (χ4v) is 2.12.